The van der Waals surface area contributed by atoms with E-state index in [9.17, 15) is 9.90 Å². The number of piperidine rings is 1. The molecule has 2 aromatic rings. The molecule has 30 heavy (non-hydrogen) atoms. The van der Waals surface area contributed by atoms with Crippen LogP contribution < -0.4 is 9.64 Å². The van der Waals surface area contributed by atoms with Crippen LogP contribution in [0.2, 0.25) is 5.02 Å². The Labute approximate surface area is 182 Å². The number of anilines is 1. The van der Waals surface area contributed by atoms with Gasteiger partial charge in [0.2, 0.25) is 5.13 Å². The van der Waals surface area contributed by atoms with Crippen LogP contribution in [0.1, 0.15) is 19.3 Å². The van der Waals surface area contributed by atoms with Gasteiger partial charge in [-0.25, -0.2) is 9.18 Å². The molecule has 0 saturated carbocycles. The zero-order valence-electron chi connectivity index (χ0n) is 16.5. The Morgan fingerprint density at radius 3 is 2.97 bits per heavy atom. The number of aromatic nitrogens is 2. The first-order chi connectivity index (χ1) is 14.4. The zero-order chi connectivity index (χ0) is 21.4. The number of halogens is 2. The highest BCUT2D eigenvalue weighted by atomic mass is 35.5. The summed E-state index contributed by atoms with van der Waals surface area (Å²) < 4.78 is 25.8. The molecule has 1 aromatic carbocycles. The first-order valence-electron chi connectivity index (χ1n) is 9.54. The van der Waals surface area contributed by atoms with Crippen molar-refractivity contribution in [3.63, 3.8) is 0 Å². The number of carboxylic acid groups (broad SMARTS) is 1. The van der Waals surface area contributed by atoms with Gasteiger partial charge in [0.1, 0.15) is 11.9 Å². The minimum atomic E-state index is -1.28. The standard InChI is InChI=1S/C19H22ClFN4O4S/c1-24(14-8-11-4-6-13(16(14)21)25(11)19(26)27)18-23-22-17(30-18)12-5-3-10(20)7-15(12)29-9-28-2/h3,5,7,11,13-14,16H,4,6,8-9H2,1-2H3,(H,26,27)/t11-,13+,14-,16+/m0/s1. The van der Waals surface area contributed by atoms with Crippen molar-refractivity contribution in [2.24, 2.45) is 0 Å². The molecule has 0 spiro atoms. The number of benzene rings is 1. The topological polar surface area (TPSA) is 88.0 Å². The van der Waals surface area contributed by atoms with Gasteiger partial charge in [0.05, 0.1) is 17.6 Å². The molecule has 162 valence electrons. The van der Waals surface area contributed by atoms with E-state index in [1.165, 1.54) is 23.3 Å². The van der Waals surface area contributed by atoms with Crippen LogP contribution in [-0.4, -0.2) is 71.5 Å². The maximum absolute atomic E-state index is 15.2. The van der Waals surface area contributed by atoms with Crippen LogP contribution in [0.15, 0.2) is 18.2 Å². The molecule has 2 fully saturated rings. The third kappa shape index (κ3) is 3.79. The van der Waals surface area contributed by atoms with Crippen molar-refractivity contribution >= 4 is 34.2 Å². The summed E-state index contributed by atoms with van der Waals surface area (Å²) in [5.41, 5.74) is 0.714. The van der Waals surface area contributed by atoms with Crippen LogP contribution in [0.5, 0.6) is 5.75 Å². The lowest BCUT2D eigenvalue weighted by molar-refractivity contribution is 0.0491. The van der Waals surface area contributed by atoms with E-state index >= 15 is 4.39 Å². The van der Waals surface area contributed by atoms with Crippen LogP contribution in [0.3, 0.4) is 0 Å². The maximum atomic E-state index is 15.2. The molecule has 0 radical (unpaired) electrons. The van der Waals surface area contributed by atoms with Gasteiger partial charge in [0.25, 0.3) is 0 Å². The monoisotopic (exact) mass is 456 g/mol. The molecule has 0 unspecified atom stereocenters. The summed E-state index contributed by atoms with van der Waals surface area (Å²) in [7, 11) is 3.31. The molecule has 1 amide bonds. The molecule has 4 atom stereocenters. The molecule has 2 bridgehead atoms. The second-order valence-electron chi connectivity index (χ2n) is 7.43. The predicted molar refractivity (Wildman–Crippen MR) is 111 cm³/mol. The molecular formula is C19H22ClFN4O4S. The summed E-state index contributed by atoms with van der Waals surface area (Å²) in [6.45, 7) is 0.0629. The van der Waals surface area contributed by atoms with Crippen molar-refractivity contribution in [1.29, 1.82) is 0 Å². The summed E-state index contributed by atoms with van der Waals surface area (Å²) >= 11 is 7.39. The summed E-state index contributed by atoms with van der Waals surface area (Å²) in [6.07, 6.45) is -0.661. The molecule has 0 aliphatic carbocycles. The quantitative estimate of drug-likeness (QED) is 0.659. The maximum Gasteiger partial charge on any atom is 0.407 e. The summed E-state index contributed by atoms with van der Waals surface area (Å²) in [5, 5.41) is 19.6. The van der Waals surface area contributed by atoms with Crippen molar-refractivity contribution in [2.45, 2.75) is 43.6 Å². The number of nitrogens with zero attached hydrogens (tertiary/aromatic N) is 4. The van der Waals surface area contributed by atoms with Gasteiger partial charge in [-0.1, -0.05) is 22.9 Å². The van der Waals surface area contributed by atoms with Gasteiger partial charge >= 0.3 is 6.09 Å². The van der Waals surface area contributed by atoms with E-state index in [0.29, 0.717) is 45.7 Å². The van der Waals surface area contributed by atoms with E-state index in [4.69, 9.17) is 21.1 Å². The minimum absolute atomic E-state index is 0.0629. The number of methoxy groups -OCH3 is 1. The van der Waals surface area contributed by atoms with Gasteiger partial charge in [-0.3, -0.25) is 4.90 Å². The number of amides is 1. The van der Waals surface area contributed by atoms with Gasteiger partial charge < -0.3 is 19.5 Å². The third-order valence-corrected chi connectivity index (χ3v) is 7.02. The highest BCUT2D eigenvalue weighted by Crippen LogP contribution is 2.42. The first kappa shape index (κ1) is 21.1. The summed E-state index contributed by atoms with van der Waals surface area (Å²) in [4.78, 5) is 14.6. The SMILES string of the molecule is COCOc1cc(Cl)ccc1-c1nnc(N(C)[C@H]2C[C@@H]3CC[C@H]([C@H]2F)N3C(=O)O)s1. The number of hydrogen-bond donors (Lipinski definition) is 1. The number of alkyl halides is 1. The van der Waals surface area contributed by atoms with Crippen molar-refractivity contribution in [3.05, 3.63) is 23.2 Å². The van der Waals surface area contributed by atoms with Crippen LogP contribution in [0.25, 0.3) is 10.6 Å². The number of hydrogen-bond acceptors (Lipinski definition) is 7. The molecular weight excluding hydrogens is 435 g/mol. The Kier molecular flexibility index (Phi) is 5.99. The van der Waals surface area contributed by atoms with Gasteiger partial charge in [-0.2, -0.15) is 0 Å². The summed E-state index contributed by atoms with van der Waals surface area (Å²) in [5.74, 6) is 0.519. The molecule has 11 heteroatoms. The van der Waals surface area contributed by atoms with E-state index in [0.717, 1.165) is 0 Å². The van der Waals surface area contributed by atoms with Gasteiger partial charge in [-0.15, -0.1) is 10.2 Å². The van der Waals surface area contributed by atoms with Crippen LogP contribution in [0, 0.1) is 0 Å². The molecule has 1 aromatic heterocycles. The van der Waals surface area contributed by atoms with Gasteiger partial charge in [0.15, 0.2) is 11.8 Å². The van der Waals surface area contributed by atoms with Crippen molar-refractivity contribution in [1.82, 2.24) is 15.1 Å². The number of ether oxygens (including phenoxy) is 2. The first-order valence-corrected chi connectivity index (χ1v) is 10.7. The molecule has 8 nitrogen and oxygen atoms in total. The fourth-order valence-corrected chi connectivity index (χ4v) is 5.37. The second kappa shape index (κ2) is 8.52. The van der Waals surface area contributed by atoms with E-state index in [-0.39, 0.29) is 12.8 Å². The molecule has 4 rings (SSSR count). The molecule has 2 aliphatic rings. The lowest BCUT2D eigenvalue weighted by atomic mass is 9.95. The Morgan fingerprint density at radius 2 is 2.23 bits per heavy atom. The Hall–Kier alpha value is -2.17. The van der Waals surface area contributed by atoms with E-state index in [2.05, 4.69) is 10.2 Å². The van der Waals surface area contributed by atoms with Crippen molar-refractivity contribution in [3.8, 4) is 16.3 Å². The lowest BCUT2D eigenvalue weighted by Gasteiger charge is -2.42. The molecule has 2 saturated heterocycles. The van der Waals surface area contributed by atoms with Crippen molar-refractivity contribution < 1.29 is 23.8 Å². The highest BCUT2D eigenvalue weighted by Gasteiger charge is 2.51. The molecule has 2 aliphatic heterocycles. The fourth-order valence-electron chi connectivity index (χ4n) is 4.31. The lowest BCUT2D eigenvalue weighted by Crippen LogP contribution is -2.58. The Bertz CT molecular complexity index is 932. The van der Waals surface area contributed by atoms with Gasteiger partial charge in [0, 0.05) is 25.2 Å². The highest BCUT2D eigenvalue weighted by molar-refractivity contribution is 7.18. The Balaban J connectivity index is 1.56. The van der Waals surface area contributed by atoms with Crippen LogP contribution >= 0.6 is 22.9 Å². The predicted octanol–water partition coefficient (Wildman–Crippen LogP) is 3.90. The largest absolute Gasteiger partial charge is 0.467 e. The number of fused-ring (bicyclic) bond motifs is 2. The minimum Gasteiger partial charge on any atom is -0.467 e. The van der Waals surface area contributed by atoms with Crippen LogP contribution in [-0.2, 0) is 4.74 Å². The Morgan fingerprint density at radius 1 is 1.43 bits per heavy atom. The zero-order valence-corrected chi connectivity index (χ0v) is 18.1. The van der Waals surface area contributed by atoms with Gasteiger partial charge in [-0.05, 0) is 37.5 Å². The van der Waals surface area contributed by atoms with Crippen molar-refractivity contribution in [2.75, 3.05) is 25.9 Å². The third-order valence-electron chi connectivity index (χ3n) is 5.74. The number of carbonyl (C=O) groups is 1. The molecule has 1 N–H and O–H groups in total. The second-order valence-corrected chi connectivity index (χ2v) is 8.82. The fraction of sp³-hybridized carbons (Fsp3) is 0.526. The summed E-state index contributed by atoms with van der Waals surface area (Å²) in [6, 6.07) is 3.99. The smallest absolute Gasteiger partial charge is 0.407 e. The van der Waals surface area contributed by atoms with E-state index < -0.39 is 24.3 Å². The molecule has 3 heterocycles. The average Bonchev–Trinajstić information content (AvgIpc) is 3.33. The van der Waals surface area contributed by atoms with Crippen LogP contribution in [0.4, 0.5) is 14.3 Å². The number of rotatable bonds is 6. The normalized spacial score (nSPS) is 25.4. The average molecular weight is 457 g/mol. The van der Waals surface area contributed by atoms with E-state index in [1.54, 1.807) is 30.1 Å². The van der Waals surface area contributed by atoms with E-state index in [1.807, 2.05) is 0 Å².